The van der Waals surface area contributed by atoms with Gasteiger partial charge in [0, 0.05) is 12.1 Å². The number of hydrogen-bond acceptors (Lipinski definition) is 4. The zero-order valence-electron chi connectivity index (χ0n) is 14.4. The highest BCUT2D eigenvalue weighted by molar-refractivity contribution is 7.16. The summed E-state index contributed by atoms with van der Waals surface area (Å²) >= 11 is 1.17. The van der Waals surface area contributed by atoms with Gasteiger partial charge in [0.05, 0.1) is 11.7 Å². The molecule has 1 aromatic carbocycles. The first-order chi connectivity index (χ1) is 10.8. The van der Waals surface area contributed by atoms with Gasteiger partial charge in [0.25, 0.3) is 5.91 Å². The van der Waals surface area contributed by atoms with E-state index >= 15 is 0 Å². The summed E-state index contributed by atoms with van der Waals surface area (Å²) in [6, 6.07) is 6.40. The van der Waals surface area contributed by atoms with Gasteiger partial charge in [-0.1, -0.05) is 26.0 Å². The number of carbonyl (C=O) groups excluding carboxylic acids is 1. The van der Waals surface area contributed by atoms with Crippen molar-refractivity contribution in [1.82, 2.24) is 10.3 Å². The number of rotatable bonds is 6. The van der Waals surface area contributed by atoms with Crippen LogP contribution >= 0.6 is 36.2 Å². The van der Waals surface area contributed by atoms with Crippen LogP contribution in [0.15, 0.2) is 30.5 Å². The van der Waals surface area contributed by atoms with E-state index in [4.69, 9.17) is 5.73 Å². The van der Waals surface area contributed by atoms with Gasteiger partial charge in [-0.3, -0.25) is 4.79 Å². The summed E-state index contributed by atoms with van der Waals surface area (Å²) in [5.74, 6) is -0.154. The van der Waals surface area contributed by atoms with Gasteiger partial charge in [-0.2, -0.15) is 0 Å². The van der Waals surface area contributed by atoms with Crippen LogP contribution in [-0.4, -0.2) is 23.0 Å². The molecule has 4 nitrogen and oxygen atoms in total. The lowest BCUT2D eigenvalue weighted by molar-refractivity contribution is 0.0902. The second kappa shape index (κ2) is 10.1. The molecule has 2 rings (SSSR count). The van der Waals surface area contributed by atoms with E-state index in [0.717, 1.165) is 6.42 Å². The number of carbonyl (C=O) groups is 1. The minimum absolute atomic E-state index is 0. The lowest BCUT2D eigenvalue weighted by Crippen LogP contribution is -2.52. The molecule has 1 unspecified atom stereocenters. The van der Waals surface area contributed by atoms with Crippen LogP contribution in [0.2, 0.25) is 0 Å². The Balaban J connectivity index is 0.00000288. The number of nitrogens with two attached hydrogens (primary N) is 1. The monoisotopic (exact) mass is 407 g/mol. The van der Waals surface area contributed by atoms with E-state index in [2.05, 4.69) is 24.1 Å². The third-order valence-corrected chi connectivity index (χ3v) is 4.59. The fourth-order valence-electron chi connectivity index (χ4n) is 2.56. The fraction of sp³-hybridized carbons (Fsp3) is 0.412. The van der Waals surface area contributed by atoms with Crippen LogP contribution in [-0.2, 0) is 0 Å². The maximum atomic E-state index is 13.8. The average molecular weight is 408 g/mol. The minimum Gasteiger partial charge on any atom is -0.345 e. The Labute approximate surface area is 164 Å². The standard InChI is InChI=1S/C17H22FN3OS.2ClH/c1-11(2)8-17(3,10-19)21-15(22)14-9-20-16(23-14)12-6-4-5-7-13(12)18;;/h4-7,9,11H,8,10,19H2,1-3H3,(H,21,22);2*1H. The first-order valence-corrected chi connectivity index (χ1v) is 8.39. The molecular formula is C17H24Cl2FN3OS. The lowest BCUT2D eigenvalue weighted by atomic mass is 9.90. The van der Waals surface area contributed by atoms with E-state index in [1.54, 1.807) is 18.2 Å². The van der Waals surface area contributed by atoms with E-state index in [-0.39, 0.29) is 36.5 Å². The average Bonchev–Trinajstić information content (AvgIpc) is 2.96. The van der Waals surface area contributed by atoms with Crippen molar-refractivity contribution in [1.29, 1.82) is 0 Å². The molecule has 8 heteroatoms. The van der Waals surface area contributed by atoms with Gasteiger partial charge in [0.2, 0.25) is 0 Å². The maximum Gasteiger partial charge on any atom is 0.263 e. The number of aromatic nitrogens is 1. The molecule has 1 heterocycles. The van der Waals surface area contributed by atoms with Crippen LogP contribution in [0.4, 0.5) is 4.39 Å². The number of hydrogen-bond donors (Lipinski definition) is 2. The van der Waals surface area contributed by atoms with Crippen molar-refractivity contribution in [2.24, 2.45) is 11.7 Å². The Morgan fingerprint density at radius 1 is 1.36 bits per heavy atom. The van der Waals surface area contributed by atoms with Crippen molar-refractivity contribution in [2.75, 3.05) is 6.54 Å². The second-order valence-electron chi connectivity index (χ2n) is 6.33. The molecule has 1 amide bonds. The van der Waals surface area contributed by atoms with Crippen molar-refractivity contribution >= 4 is 42.1 Å². The quantitative estimate of drug-likeness (QED) is 0.750. The molecule has 3 N–H and O–H groups in total. The van der Waals surface area contributed by atoms with Crippen molar-refractivity contribution in [3.63, 3.8) is 0 Å². The zero-order valence-corrected chi connectivity index (χ0v) is 16.9. The molecular weight excluding hydrogens is 384 g/mol. The highest BCUT2D eigenvalue weighted by Gasteiger charge is 2.27. The summed E-state index contributed by atoms with van der Waals surface area (Å²) in [6.07, 6.45) is 2.27. The molecule has 0 aliphatic carbocycles. The Bertz CT molecular complexity index is 696. The maximum absolute atomic E-state index is 13.8. The van der Waals surface area contributed by atoms with Crippen LogP contribution in [0.3, 0.4) is 0 Å². The molecule has 0 spiro atoms. The molecule has 1 atom stereocenters. The summed E-state index contributed by atoms with van der Waals surface area (Å²) in [5.41, 5.74) is 5.76. The van der Waals surface area contributed by atoms with Crippen molar-refractivity contribution in [3.05, 3.63) is 41.2 Å². The van der Waals surface area contributed by atoms with Crippen molar-refractivity contribution < 1.29 is 9.18 Å². The number of benzene rings is 1. The Hall–Kier alpha value is -1.21. The van der Waals surface area contributed by atoms with Gasteiger partial charge in [-0.05, 0) is 31.4 Å². The van der Waals surface area contributed by atoms with Gasteiger partial charge in [-0.15, -0.1) is 36.2 Å². The SMILES string of the molecule is CC(C)CC(C)(CN)NC(=O)c1cnc(-c2ccccc2F)s1.Cl.Cl. The van der Waals surface area contributed by atoms with Crippen LogP contribution < -0.4 is 11.1 Å². The van der Waals surface area contributed by atoms with Crippen molar-refractivity contribution in [2.45, 2.75) is 32.7 Å². The molecule has 0 aliphatic heterocycles. The third-order valence-electron chi connectivity index (χ3n) is 3.56. The number of amides is 1. The highest BCUT2D eigenvalue weighted by Crippen LogP contribution is 2.27. The Morgan fingerprint density at radius 2 is 2.00 bits per heavy atom. The third kappa shape index (κ3) is 6.22. The predicted octanol–water partition coefficient (Wildman–Crippen LogP) is 4.29. The predicted molar refractivity (Wildman–Crippen MR) is 106 cm³/mol. The molecule has 0 aliphatic rings. The molecule has 0 saturated heterocycles. The molecule has 0 saturated carbocycles. The van der Waals surface area contributed by atoms with Crippen LogP contribution in [0.1, 0.15) is 36.9 Å². The number of nitrogens with one attached hydrogen (secondary N) is 1. The number of nitrogens with zero attached hydrogens (tertiary/aromatic N) is 1. The van der Waals surface area contributed by atoms with E-state index in [1.165, 1.54) is 23.6 Å². The molecule has 0 radical (unpaired) electrons. The summed E-state index contributed by atoms with van der Waals surface area (Å²) < 4.78 is 13.8. The van der Waals surface area contributed by atoms with Gasteiger partial charge < -0.3 is 11.1 Å². The van der Waals surface area contributed by atoms with Crippen LogP contribution in [0.5, 0.6) is 0 Å². The number of thiazole rings is 1. The molecule has 2 aromatic rings. The molecule has 140 valence electrons. The summed E-state index contributed by atoms with van der Waals surface area (Å²) in [7, 11) is 0. The topological polar surface area (TPSA) is 68.0 Å². The summed E-state index contributed by atoms with van der Waals surface area (Å²) in [5, 5.41) is 3.48. The Morgan fingerprint density at radius 3 is 2.56 bits per heavy atom. The second-order valence-corrected chi connectivity index (χ2v) is 7.36. The smallest absolute Gasteiger partial charge is 0.263 e. The zero-order chi connectivity index (χ0) is 17.0. The fourth-order valence-corrected chi connectivity index (χ4v) is 3.40. The molecule has 0 fully saturated rings. The Kier molecular flexibility index (Phi) is 9.58. The lowest BCUT2D eigenvalue weighted by Gasteiger charge is -2.30. The first-order valence-electron chi connectivity index (χ1n) is 7.58. The number of halogens is 3. The van der Waals surface area contributed by atoms with E-state index < -0.39 is 5.54 Å². The van der Waals surface area contributed by atoms with E-state index in [9.17, 15) is 9.18 Å². The largest absolute Gasteiger partial charge is 0.345 e. The van der Waals surface area contributed by atoms with E-state index in [1.807, 2.05) is 6.92 Å². The van der Waals surface area contributed by atoms with Gasteiger partial charge in [-0.25, -0.2) is 9.37 Å². The molecule has 25 heavy (non-hydrogen) atoms. The van der Waals surface area contributed by atoms with Crippen molar-refractivity contribution in [3.8, 4) is 10.6 Å². The minimum atomic E-state index is -0.465. The normalized spacial score (nSPS) is 12.7. The van der Waals surface area contributed by atoms with Gasteiger partial charge in [0.15, 0.2) is 0 Å². The van der Waals surface area contributed by atoms with E-state index in [0.29, 0.717) is 27.9 Å². The molecule has 1 aromatic heterocycles. The van der Waals surface area contributed by atoms with Crippen LogP contribution in [0, 0.1) is 11.7 Å². The van der Waals surface area contributed by atoms with Gasteiger partial charge in [0.1, 0.15) is 15.7 Å². The summed E-state index contributed by atoms with van der Waals surface area (Å²) in [6.45, 7) is 6.46. The van der Waals surface area contributed by atoms with Gasteiger partial charge >= 0.3 is 0 Å². The summed E-state index contributed by atoms with van der Waals surface area (Å²) in [4.78, 5) is 17.1. The first kappa shape index (κ1) is 23.8. The molecule has 0 bridgehead atoms. The highest BCUT2D eigenvalue weighted by atomic mass is 35.5. The van der Waals surface area contributed by atoms with Crippen LogP contribution in [0.25, 0.3) is 10.6 Å².